The molecule has 1 unspecified atom stereocenters. The second kappa shape index (κ2) is 8.37. The van der Waals surface area contributed by atoms with Crippen molar-refractivity contribution in [1.82, 2.24) is 9.55 Å². The fourth-order valence-electron chi connectivity index (χ4n) is 5.62. The highest BCUT2D eigenvalue weighted by molar-refractivity contribution is 6.35. The molecule has 2 aliphatic heterocycles. The number of nitrogens with zero attached hydrogens (tertiary/aromatic N) is 4. The van der Waals surface area contributed by atoms with E-state index in [0.717, 1.165) is 33.6 Å². The summed E-state index contributed by atoms with van der Waals surface area (Å²) >= 11 is 13.2. The number of carbonyl (C=O) groups excluding carboxylic acids is 1. The molecule has 8 heteroatoms. The molecule has 6 rings (SSSR count). The average molecular weight is 529 g/mol. The highest BCUT2D eigenvalue weighted by Crippen LogP contribution is 2.56. The number of amides is 1. The summed E-state index contributed by atoms with van der Waals surface area (Å²) in [6.07, 6.45) is 0. The summed E-state index contributed by atoms with van der Waals surface area (Å²) in [5.41, 5.74) is 6.68. The first-order valence-corrected chi connectivity index (χ1v) is 12.7. The zero-order valence-corrected chi connectivity index (χ0v) is 22.1. The Morgan fingerprint density at radius 2 is 1.86 bits per heavy atom. The van der Waals surface area contributed by atoms with Crippen LogP contribution in [0, 0.1) is 18.3 Å². The van der Waals surface area contributed by atoms with Crippen molar-refractivity contribution in [1.29, 1.82) is 5.26 Å². The first-order valence-electron chi connectivity index (χ1n) is 11.9. The van der Waals surface area contributed by atoms with E-state index in [0.29, 0.717) is 38.4 Å². The number of imidazole rings is 1. The standard InChI is InChI=1S/C29H22Cl2N4O2/c1-14(2)34-27-24(33-28(34)20-11-16(13-32)6-10-22(20)37-4)29(36)35-25-15(3)5-9-21(31)23(25)19-12-17(30)7-8-18(19)26(27)35/h5-12,14,26H,1-4H3. The van der Waals surface area contributed by atoms with Gasteiger partial charge in [0.15, 0.2) is 5.69 Å². The third-order valence-corrected chi connectivity index (χ3v) is 7.67. The summed E-state index contributed by atoms with van der Waals surface area (Å²) in [6.45, 7) is 6.09. The highest BCUT2D eigenvalue weighted by Gasteiger charge is 2.49. The van der Waals surface area contributed by atoms with Gasteiger partial charge in [-0.25, -0.2) is 4.98 Å². The monoisotopic (exact) mass is 528 g/mol. The van der Waals surface area contributed by atoms with Crippen molar-refractivity contribution in [3.63, 3.8) is 0 Å². The molecule has 0 fully saturated rings. The molecule has 6 nitrogen and oxygen atoms in total. The van der Waals surface area contributed by atoms with Crippen molar-refractivity contribution in [3.8, 4) is 34.3 Å². The zero-order chi connectivity index (χ0) is 26.2. The van der Waals surface area contributed by atoms with Crippen LogP contribution in [0.15, 0.2) is 48.5 Å². The molecule has 1 aromatic heterocycles. The van der Waals surface area contributed by atoms with Gasteiger partial charge in [0, 0.05) is 16.6 Å². The van der Waals surface area contributed by atoms with E-state index in [2.05, 4.69) is 24.5 Å². The molecule has 3 heterocycles. The molecule has 0 aliphatic carbocycles. The van der Waals surface area contributed by atoms with Crippen LogP contribution in [-0.4, -0.2) is 22.6 Å². The number of ether oxygens (including phenoxy) is 1. The highest BCUT2D eigenvalue weighted by atomic mass is 35.5. The molecular weight excluding hydrogens is 507 g/mol. The quantitative estimate of drug-likeness (QED) is 0.278. The maximum absolute atomic E-state index is 14.1. The SMILES string of the molecule is COc1ccc(C#N)cc1-c1nc2c(n1C(C)C)C1c3ccc(Cl)cc3-c3c(Cl)ccc(C)c3N1C2=O. The van der Waals surface area contributed by atoms with Gasteiger partial charge < -0.3 is 9.30 Å². The number of hydrogen-bond acceptors (Lipinski definition) is 4. The lowest BCUT2D eigenvalue weighted by Crippen LogP contribution is -2.34. The molecule has 0 spiro atoms. The van der Waals surface area contributed by atoms with Crippen LogP contribution < -0.4 is 9.64 Å². The molecule has 184 valence electrons. The molecule has 2 aliphatic rings. The van der Waals surface area contributed by atoms with Gasteiger partial charge in [-0.15, -0.1) is 0 Å². The number of fused-ring (bicyclic) bond motifs is 8. The van der Waals surface area contributed by atoms with Crippen molar-refractivity contribution in [3.05, 3.63) is 86.7 Å². The van der Waals surface area contributed by atoms with Crippen LogP contribution in [0.1, 0.15) is 58.8 Å². The Labute approximate surface area is 224 Å². The largest absolute Gasteiger partial charge is 0.496 e. The second-order valence-corrected chi connectivity index (χ2v) is 10.4. The minimum absolute atomic E-state index is 0.0351. The van der Waals surface area contributed by atoms with Gasteiger partial charge in [-0.3, -0.25) is 9.69 Å². The van der Waals surface area contributed by atoms with Gasteiger partial charge in [0.05, 0.1) is 40.7 Å². The maximum atomic E-state index is 14.1. The summed E-state index contributed by atoms with van der Waals surface area (Å²) in [4.78, 5) is 20.9. The Balaban J connectivity index is 1.69. The molecule has 3 aromatic carbocycles. The molecule has 1 amide bonds. The summed E-state index contributed by atoms with van der Waals surface area (Å²) in [5, 5.41) is 10.7. The number of aromatic nitrogens is 2. The summed E-state index contributed by atoms with van der Waals surface area (Å²) < 4.78 is 7.71. The van der Waals surface area contributed by atoms with Gasteiger partial charge in [0.1, 0.15) is 17.6 Å². The lowest BCUT2D eigenvalue weighted by molar-refractivity contribution is 0.0989. The Kier molecular flexibility index (Phi) is 5.34. The van der Waals surface area contributed by atoms with E-state index in [9.17, 15) is 10.1 Å². The first kappa shape index (κ1) is 23.6. The maximum Gasteiger partial charge on any atom is 0.279 e. The van der Waals surface area contributed by atoms with Crippen LogP contribution in [0.3, 0.4) is 0 Å². The van der Waals surface area contributed by atoms with E-state index >= 15 is 0 Å². The number of methoxy groups -OCH3 is 1. The lowest BCUT2D eigenvalue weighted by Gasteiger charge is -2.37. The number of halogens is 2. The number of nitriles is 1. The van der Waals surface area contributed by atoms with Gasteiger partial charge in [-0.1, -0.05) is 35.3 Å². The normalized spacial score (nSPS) is 15.2. The van der Waals surface area contributed by atoms with Gasteiger partial charge in [-0.2, -0.15) is 5.26 Å². The van der Waals surface area contributed by atoms with Gasteiger partial charge in [-0.05, 0) is 73.9 Å². The van der Waals surface area contributed by atoms with Gasteiger partial charge in [0.25, 0.3) is 5.91 Å². The second-order valence-electron chi connectivity index (χ2n) is 9.56. The Bertz CT molecular complexity index is 1680. The van der Waals surface area contributed by atoms with Crippen molar-refractivity contribution >= 4 is 34.8 Å². The number of anilines is 1. The Hall–Kier alpha value is -3.79. The molecule has 37 heavy (non-hydrogen) atoms. The molecule has 0 N–H and O–H groups in total. The fourth-order valence-corrected chi connectivity index (χ4v) is 6.05. The van der Waals surface area contributed by atoms with Crippen LogP contribution >= 0.6 is 23.2 Å². The summed E-state index contributed by atoms with van der Waals surface area (Å²) in [5.74, 6) is 0.979. The lowest BCUT2D eigenvalue weighted by atomic mass is 9.86. The molecule has 0 radical (unpaired) electrons. The molecule has 0 bridgehead atoms. The minimum Gasteiger partial charge on any atom is -0.496 e. The van der Waals surface area contributed by atoms with Crippen molar-refractivity contribution in [2.24, 2.45) is 0 Å². The van der Waals surface area contributed by atoms with E-state index in [1.54, 1.807) is 25.3 Å². The van der Waals surface area contributed by atoms with Crippen LogP contribution in [0.25, 0.3) is 22.5 Å². The zero-order valence-electron chi connectivity index (χ0n) is 20.6. The van der Waals surface area contributed by atoms with E-state index in [1.807, 2.05) is 42.2 Å². The van der Waals surface area contributed by atoms with E-state index in [-0.39, 0.29) is 11.9 Å². The summed E-state index contributed by atoms with van der Waals surface area (Å²) in [7, 11) is 1.58. The number of benzene rings is 3. The third kappa shape index (κ3) is 3.24. The molecule has 0 saturated carbocycles. The van der Waals surface area contributed by atoms with Crippen LogP contribution in [-0.2, 0) is 0 Å². The number of hydrogen-bond donors (Lipinski definition) is 0. The number of rotatable bonds is 3. The predicted molar refractivity (Wildman–Crippen MR) is 145 cm³/mol. The summed E-state index contributed by atoms with van der Waals surface area (Å²) in [6, 6.07) is 16.5. The van der Waals surface area contributed by atoms with Crippen molar-refractivity contribution < 1.29 is 9.53 Å². The van der Waals surface area contributed by atoms with Gasteiger partial charge in [0.2, 0.25) is 0 Å². The Morgan fingerprint density at radius 1 is 1.08 bits per heavy atom. The molecular formula is C29H22Cl2N4O2. The van der Waals surface area contributed by atoms with Crippen molar-refractivity contribution in [2.45, 2.75) is 32.9 Å². The molecule has 4 aromatic rings. The van der Waals surface area contributed by atoms with Gasteiger partial charge >= 0.3 is 0 Å². The van der Waals surface area contributed by atoms with Crippen LogP contribution in [0.4, 0.5) is 5.69 Å². The van der Waals surface area contributed by atoms with Crippen molar-refractivity contribution in [2.75, 3.05) is 12.0 Å². The minimum atomic E-state index is -0.409. The van der Waals surface area contributed by atoms with Crippen LogP contribution in [0.5, 0.6) is 5.75 Å². The van der Waals surface area contributed by atoms with Crippen LogP contribution in [0.2, 0.25) is 10.0 Å². The first-order chi connectivity index (χ1) is 17.8. The Morgan fingerprint density at radius 3 is 2.57 bits per heavy atom. The topological polar surface area (TPSA) is 71.2 Å². The van der Waals surface area contributed by atoms with E-state index in [4.69, 9.17) is 32.9 Å². The molecule has 0 saturated heterocycles. The molecule has 1 atom stereocenters. The smallest absolute Gasteiger partial charge is 0.279 e. The fraction of sp³-hybridized carbons (Fsp3) is 0.207. The third-order valence-electron chi connectivity index (χ3n) is 7.12. The predicted octanol–water partition coefficient (Wildman–Crippen LogP) is 7.36. The number of carbonyl (C=O) groups is 1. The number of aryl methyl sites for hydroxylation is 1. The van der Waals surface area contributed by atoms with E-state index < -0.39 is 6.04 Å². The van der Waals surface area contributed by atoms with E-state index in [1.165, 1.54) is 0 Å². The average Bonchev–Trinajstić information content (AvgIpc) is 3.41.